The minimum atomic E-state index is -1.05. The van der Waals surface area contributed by atoms with Gasteiger partial charge in [-0.2, -0.15) is 16.9 Å². The van der Waals surface area contributed by atoms with Crippen LogP contribution in [-0.4, -0.2) is 40.5 Å². The highest BCUT2D eigenvalue weighted by molar-refractivity contribution is 8.00. The SMILES string of the molecule is CSC(C)(C)C=NN(C)C(=O)O. The summed E-state index contributed by atoms with van der Waals surface area (Å²) in [5.41, 5.74) is 0. The number of thioether (sulfide) groups is 1. The zero-order chi connectivity index (χ0) is 9.78. The van der Waals surface area contributed by atoms with Gasteiger partial charge in [-0.15, -0.1) is 0 Å². The van der Waals surface area contributed by atoms with Crippen LogP contribution in [0.15, 0.2) is 5.10 Å². The molecular weight excluding hydrogens is 176 g/mol. The van der Waals surface area contributed by atoms with Crippen LogP contribution in [-0.2, 0) is 0 Å². The van der Waals surface area contributed by atoms with Gasteiger partial charge in [-0.3, -0.25) is 0 Å². The zero-order valence-electron chi connectivity index (χ0n) is 7.74. The van der Waals surface area contributed by atoms with E-state index in [1.807, 2.05) is 20.1 Å². The van der Waals surface area contributed by atoms with Gasteiger partial charge in [-0.1, -0.05) is 0 Å². The van der Waals surface area contributed by atoms with Crippen molar-refractivity contribution in [1.82, 2.24) is 5.01 Å². The molecule has 0 unspecified atom stereocenters. The molecule has 0 saturated heterocycles. The number of nitrogens with zero attached hydrogens (tertiary/aromatic N) is 2. The van der Waals surface area contributed by atoms with E-state index < -0.39 is 6.09 Å². The molecule has 0 rings (SSSR count). The van der Waals surface area contributed by atoms with Crippen LogP contribution in [0.25, 0.3) is 0 Å². The van der Waals surface area contributed by atoms with Crippen molar-refractivity contribution in [3.8, 4) is 0 Å². The van der Waals surface area contributed by atoms with E-state index in [0.29, 0.717) is 0 Å². The number of carbonyl (C=O) groups is 1. The number of carboxylic acid groups (broad SMARTS) is 1. The zero-order valence-corrected chi connectivity index (χ0v) is 8.55. The van der Waals surface area contributed by atoms with Crippen molar-refractivity contribution in [2.45, 2.75) is 18.6 Å². The molecule has 0 aliphatic rings. The lowest BCUT2D eigenvalue weighted by Crippen LogP contribution is -2.23. The van der Waals surface area contributed by atoms with Crippen LogP contribution < -0.4 is 0 Å². The van der Waals surface area contributed by atoms with E-state index in [0.717, 1.165) is 5.01 Å². The summed E-state index contributed by atoms with van der Waals surface area (Å²) in [6.45, 7) is 3.94. The second-order valence-electron chi connectivity index (χ2n) is 2.86. The normalized spacial score (nSPS) is 12.0. The van der Waals surface area contributed by atoms with E-state index in [2.05, 4.69) is 5.10 Å². The van der Waals surface area contributed by atoms with Gasteiger partial charge in [0.15, 0.2) is 0 Å². The fourth-order valence-corrected chi connectivity index (χ4v) is 0.480. The first-order chi connectivity index (χ1) is 5.39. The molecule has 0 aliphatic carbocycles. The highest BCUT2D eigenvalue weighted by Gasteiger charge is 2.13. The third-order valence-electron chi connectivity index (χ3n) is 1.34. The van der Waals surface area contributed by atoms with Gasteiger partial charge >= 0.3 is 6.09 Å². The Kier molecular flexibility index (Phi) is 4.09. The molecule has 4 nitrogen and oxygen atoms in total. The first-order valence-electron chi connectivity index (χ1n) is 3.46. The third kappa shape index (κ3) is 4.23. The fourth-order valence-electron chi connectivity index (χ4n) is 0.328. The molecule has 0 heterocycles. The van der Waals surface area contributed by atoms with Crippen LogP contribution in [0.2, 0.25) is 0 Å². The minimum absolute atomic E-state index is 0.121. The molecule has 5 heteroatoms. The van der Waals surface area contributed by atoms with Crippen LogP contribution in [0.4, 0.5) is 4.79 Å². The summed E-state index contributed by atoms with van der Waals surface area (Å²) in [6, 6.07) is 0. The molecule has 12 heavy (non-hydrogen) atoms. The summed E-state index contributed by atoms with van der Waals surface area (Å²) in [7, 11) is 1.40. The van der Waals surface area contributed by atoms with Crippen molar-refractivity contribution in [2.24, 2.45) is 5.10 Å². The first kappa shape index (κ1) is 11.3. The maximum atomic E-state index is 10.3. The van der Waals surface area contributed by atoms with E-state index in [1.165, 1.54) is 7.05 Å². The second kappa shape index (κ2) is 4.35. The lowest BCUT2D eigenvalue weighted by molar-refractivity contribution is 0.158. The Morgan fingerprint density at radius 2 is 2.17 bits per heavy atom. The molecule has 1 N–H and O–H groups in total. The number of rotatable bonds is 3. The molecule has 0 bridgehead atoms. The molecule has 0 saturated carbocycles. The van der Waals surface area contributed by atoms with Crippen LogP contribution in [0.3, 0.4) is 0 Å². The topological polar surface area (TPSA) is 52.9 Å². The minimum Gasteiger partial charge on any atom is -0.464 e. The lowest BCUT2D eigenvalue weighted by Gasteiger charge is -2.16. The predicted octanol–water partition coefficient (Wildman–Crippen LogP) is 1.72. The Balaban J connectivity index is 4.14. The van der Waals surface area contributed by atoms with Gasteiger partial charge in [0.05, 0.1) is 0 Å². The molecule has 0 aromatic rings. The number of hydrogen-bond donors (Lipinski definition) is 1. The molecule has 0 atom stereocenters. The van der Waals surface area contributed by atoms with Crippen molar-refractivity contribution in [1.29, 1.82) is 0 Å². The summed E-state index contributed by atoms with van der Waals surface area (Å²) in [4.78, 5) is 10.3. The smallest absolute Gasteiger partial charge is 0.427 e. The molecule has 1 amide bonds. The number of amides is 1. The average molecular weight is 190 g/mol. The average Bonchev–Trinajstić information content (AvgIpc) is 2.00. The van der Waals surface area contributed by atoms with Crippen molar-refractivity contribution in [2.75, 3.05) is 13.3 Å². The molecule has 0 radical (unpaired) electrons. The van der Waals surface area contributed by atoms with Gasteiger partial charge in [0, 0.05) is 18.0 Å². The fraction of sp³-hybridized carbons (Fsp3) is 0.714. The van der Waals surface area contributed by atoms with E-state index >= 15 is 0 Å². The summed E-state index contributed by atoms with van der Waals surface area (Å²) >= 11 is 1.61. The van der Waals surface area contributed by atoms with Gasteiger partial charge in [-0.25, -0.2) is 9.80 Å². The van der Waals surface area contributed by atoms with Crippen LogP contribution in [0.5, 0.6) is 0 Å². The Bertz CT molecular complexity index is 192. The third-order valence-corrected chi connectivity index (χ3v) is 2.50. The second-order valence-corrected chi connectivity index (χ2v) is 4.32. The summed E-state index contributed by atoms with van der Waals surface area (Å²) in [6.07, 6.45) is 2.52. The maximum absolute atomic E-state index is 10.3. The molecule has 0 aromatic heterocycles. The quantitative estimate of drug-likeness (QED) is 0.544. The van der Waals surface area contributed by atoms with E-state index in [-0.39, 0.29) is 4.75 Å². The maximum Gasteiger partial charge on any atom is 0.427 e. The van der Waals surface area contributed by atoms with E-state index in [4.69, 9.17) is 5.11 Å². The van der Waals surface area contributed by atoms with E-state index in [1.54, 1.807) is 18.0 Å². The number of hydrogen-bond acceptors (Lipinski definition) is 3. The molecule has 0 aliphatic heterocycles. The molecule has 0 aromatic carbocycles. The van der Waals surface area contributed by atoms with Gasteiger partial charge in [0.2, 0.25) is 0 Å². The lowest BCUT2D eigenvalue weighted by atomic mass is 10.2. The van der Waals surface area contributed by atoms with E-state index in [9.17, 15) is 4.79 Å². The van der Waals surface area contributed by atoms with Crippen LogP contribution in [0, 0.1) is 0 Å². The highest BCUT2D eigenvalue weighted by Crippen LogP contribution is 2.18. The van der Waals surface area contributed by atoms with Crippen LogP contribution in [0.1, 0.15) is 13.8 Å². The highest BCUT2D eigenvalue weighted by atomic mass is 32.2. The molecule has 70 valence electrons. The van der Waals surface area contributed by atoms with Crippen molar-refractivity contribution in [3.63, 3.8) is 0 Å². The Labute approximate surface area is 76.6 Å². The van der Waals surface area contributed by atoms with Crippen molar-refractivity contribution >= 4 is 24.1 Å². The van der Waals surface area contributed by atoms with Crippen molar-refractivity contribution in [3.05, 3.63) is 0 Å². The molecular formula is C7H14N2O2S. The summed E-state index contributed by atoms with van der Waals surface area (Å²) < 4.78 is -0.121. The van der Waals surface area contributed by atoms with Gasteiger partial charge in [0.25, 0.3) is 0 Å². The Morgan fingerprint density at radius 3 is 2.50 bits per heavy atom. The summed E-state index contributed by atoms with van der Waals surface area (Å²) in [5, 5.41) is 13.1. The summed E-state index contributed by atoms with van der Waals surface area (Å²) in [5.74, 6) is 0. The largest absolute Gasteiger partial charge is 0.464 e. The predicted molar refractivity (Wildman–Crippen MR) is 51.9 cm³/mol. The van der Waals surface area contributed by atoms with Gasteiger partial charge in [-0.05, 0) is 20.1 Å². The monoisotopic (exact) mass is 190 g/mol. The van der Waals surface area contributed by atoms with Crippen LogP contribution >= 0.6 is 11.8 Å². The van der Waals surface area contributed by atoms with Gasteiger partial charge in [0.1, 0.15) is 0 Å². The van der Waals surface area contributed by atoms with Crippen molar-refractivity contribution < 1.29 is 9.90 Å². The first-order valence-corrected chi connectivity index (χ1v) is 4.68. The van der Waals surface area contributed by atoms with Gasteiger partial charge < -0.3 is 5.11 Å². The molecule has 0 spiro atoms. The number of hydrazone groups is 1. The molecule has 0 fully saturated rings. The standard InChI is InChI=1S/C7H14N2O2S/c1-7(2,12-4)5-8-9(3)6(10)11/h5H,1-4H3,(H,10,11). The Hall–Kier alpha value is -0.710. The Morgan fingerprint density at radius 1 is 1.67 bits per heavy atom.